The largest absolute Gasteiger partial charge is 0.700 e. The third-order valence-corrected chi connectivity index (χ3v) is 1.91. The van der Waals surface area contributed by atoms with Crippen LogP contribution in [0.15, 0.2) is 54.6 Å². The van der Waals surface area contributed by atoms with E-state index in [0.29, 0.717) is 11.4 Å². The van der Waals surface area contributed by atoms with Gasteiger partial charge in [-0.3, -0.25) is 0 Å². The molecule has 0 fully saturated rings. The van der Waals surface area contributed by atoms with E-state index in [4.69, 9.17) is 5.73 Å². The lowest BCUT2D eigenvalue weighted by molar-refractivity contribution is 1.63. The molecule has 0 amide bonds. The van der Waals surface area contributed by atoms with Gasteiger partial charge in [0.05, 0.1) is 0 Å². The zero-order valence-electron chi connectivity index (χ0n) is 7.64. The predicted molar refractivity (Wildman–Crippen MR) is 59.5 cm³/mol. The van der Waals surface area contributed by atoms with Gasteiger partial charge in [-0.15, -0.1) is 5.69 Å². The summed E-state index contributed by atoms with van der Waals surface area (Å²) in [6, 6.07) is 17.0. The Morgan fingerprint density at radius 2 is 1.43 bits per heavy atom. The van der Waals surface area contributed by atoms with E-state index in [1.165, 1.54) is 0 Å². The van der Waals surface area contributed by atoms with Gasteiger partial charge >= 0.3 is 0 Å². The topological polar surface area (TPSA) is 37.9 Å². The minimum absolute atomic E-state index is 0.455. The molecule has 2 aromatic rings. The highest BCUT2D eigenvalue weighted by molar-refractivity contribution is 5.78. The van der Waals surface area contributed by atoms with Crippen molar-refractivity contribution >= 4 is 17.1 Å². The molecule has 0 heterocycles. The summed E-state index contributed by atoms with van der Waals surface area (Å²) in [6.07, 6.45) is 0. The van der Waals surface area contributed by atoms with Crippen molar-refractivity contribution in [1.82, 2.24) is 0 Å². The van der Waals surface area contributed by atoms with E-state index in [-0.39, 0.29) is 0 Å². The van der Waals surface area contributed by atoms with Gasteiger partial charge in [-0.1, -0.05) is 54.6 Å². The van der Waals surface area contributed by atoms with Crippen LogP contribution in [0, 0.1) is 0 Å². The molecule has 2 rings (SSSR count). The molecule has 2 heteroatoms. The fraction of sp³-hybridized carbons (Fsp3) is 0. The molecular formula is C12H10N2-2. The van der Waals surface area contributed by atoms with Crippen LogP contribution in [0.25, 0.3) is 11.1 Å². The summed E-state index contributed by atoms with van der Waals surface area (Å²) < 4.78 is 0. The Labute approximate surface area is 83.4 Å². The Balaban J connectivity index is 2.24. The van der Waals surface area contributed by atoms with Gasteiger partial charge in [0.25, 0.3) is 0 Å². The van der Waals surface area contributed by atoms with Gasteiger partial charge in [0, 0.05) is 0 Å². The fourth-order valence-corrected chi connectivity index (χ4v) is 1.21. The Morgan fingerprint density at radius 3 is 2.14 bits per heavy atom. The molecule has 0 aliphatic heterocycles. The Hall–Kier alpha value is -1.96. The maximum Gasteiger partial charge on any atom is -0.0624 e. The average molecular weight is 182 g/mol. The molecule has 0 aliphatic rings. The molecular weight excluding hydrogens is 172 g/mol. The third kappa shape index (κ3) is 1.85. The monoisotopic (exact) mass is 182 g/mol. The first-order valence-corrected chi connectivity index (χ1v) is 4.44. The number of hydrogen-bond acceptors (Lipinski definition) is 0. The number of nitrogens with zero attached hydrogens (tertiary/aromatic N) is 1. The summed E-state index contributed by atoms with van der Waals surface area (Å²) in [4.78, 5) is 0. The third-order valence-electron chi connectivity index (χ3n) is 1.91. The lowest BCUT2D eigenvalue weighted by atomic mass is 10.2. The number of para-hydroxylation sites is 2. The van der Waals surface area contributed by atoms with E-state index in [0.717, 1.165) is 5.69 Å². The molecule has 0 radical (unpaired) electrons. The molecule has 70 valence electrons. The highest BCUT2D eigenvalue weighted by Crippen LogP contribution is 2.36. The average Bonchev–Trinajstić information content (AvgIpc) is 2.23. The molecule has 0 bridgehead atoms. The van der Waals surface area contributed by atoms with Crippen molar-refractivity contribution in [2.24, 2.45) is 0 Å². The van der Waals surface area contributed by atoms with E-state index in [1.807, 2.05) is 48.5 Å². The lowest BCUT2D eigenvalue weighted by Crippen LogP contribution is -1.68. The van der Waals surface area contributed by atoms with Crippen LogP contribution in [0.1, 0.15) is 0 Å². The second-order valence-electron chi connectivity index (χ2n) is 2.96. The summed E-state index contributed by atoms with van der Waals surface area (Å²) in [5, 5.41) is 4.35. The van der Waals surface area contributed by atoms with Gasteiger partial charge in [0.15, 0.2) is 0 Å². The molecule has 2 aromatic carbocycles. The molecule has 0 saturated heterocycles. The van der Waals surface area contributed by atoms with Crippen LogP contribution in [-0.4, -0.2) is 0 Å². The van der Waals surface area contributed by atoms with Crippen molar-refractivity contribution < 1.29 is 0 Å². The zero-order chi connectivity index (χ0) is 9.80. The first kappa shape index (κ1) is 8.63. The molecule has 14 heavy (non-hydrogen) atoms. The summed E-state index contributed by atoms with van der Waals surface area (Å²) in [6.45, 7) is 0. The van der Waals surface area contributed by atoms with Gasteiger partial charge < -0.3 is 11.1 Å². The molecule has 0 aliphatic carbocycles. The van der Waals surface area contributed by atoms with Crippen molar-refractivity contribution in [2.45, 2.75) is 0 Å². The first-order valence-electron chi connectivity index (χ1n) is 4.44. The van der Waals surface area contributed by atoms with Crippen LogP contribution < -0.4 is 0 Å². The van der Waals surface area contributed by atoms with Crippen LogP contribution in [0.2, 0.25) is 0 Å². The van der Waals surface area contributed by atoms with E-state index in [1.54, 1.807) is 6.07 Å². The van der Waals surface area contributed by atoms with Crippen LogP contribution in [0.3, 0.4) is 0 Å². The molecule has 2 nitrogen and oxygen atoms in total. The zero-order valence-corrected chi connectivity index (χ0v) is 7.64. The highest BCUT2D eigenvalue weighted by atomic mass is 14.9. The summed E-state index contributed by atoms with van der Waals surface area (Å²) >= 11 is 0. The Kier molecular flexibility index (Phi) is 2.36. The summed E-state index contributed by atoms with van der Waals surface area (Å²) in [7, 11) is 0. The van der Waals surface area contributed by atoms with E-state index in [2.05, 4.69) is 5.32 Å². The number of hydrogen-bond donors (Lipinski definition) is 0. The minimum Gasteiger partial charge on any atom is -0.700 e. The molecule has 0 unspecified atom stereocenters. The summed E-state index contributed by atoms with van der Waals surface area (Å²) in [5.41, 5.74) is 9.67. The van der Waals surface area contributed by atoms with Crippen LogP contribution in [0.5, 0.6) is 0 Å². The number of benzene rings is 2. The predicted octanol–water partition coefficient (Wildman–Crippen LogP) is 4.71. The first-order chi connectivity index (χ1) is 6.86. The van der Waals surface area contributed by atoms with Gasteiger partial charge in [-0.25, -0.2) is 0 Å². The van der Waals surface area contributed by atoms with Crippen LogP contribution in [0.4, 0.5) is 17.1 Å². The van der Waals surface area contributed by atoms with Crippen molar-refractivity contribution in [2.75, 3.05) is 0 Å². The molecule has 0 saturated carbocycles. The van der Waals surface area contributed by atoms with E-state index < -0.39 is 0 Å². The van der Waals surface area contributed by atoms with Crippen molar-refractivity contribution in [3.8, 4) is 0 Å². The van der Waals surface area contributed by atoms with Gasteiger partial charge in [0.2, 0.25) is 0 Å². The molecule has 0 aromatic heterocycles. The maximum atomic E-state index is 7.63. The van der Waals surface area contributed by atoms with Crippen LogP contribution >= 0.6 is 0 Å². The second-order valence-corrected chi connectivity index (χ2v) is 2.96. The highest BCUT2D eigenvalue weighted by Gasteiger charge is 1.80. The quantitative estimate of drug-likeness (QED) is 0.645. The number of rotatable bonds is 2. The Bertz CT molecular complexity index is 410. The van der Waals surface area contributed by atoms with Crippen LogP contribution in [-0.2, 0) is 0 Å². The van der Waals surface area contributed by atoms with Crippen molar-refractivity contribution in [3.63, 3.8) is 0 Å². The summed E-state index contributed by atoms with van der Waals surface area (Å²) in [5.74, 6) is 0. The fourth-order valence-electron chi connectivity index (χ4n) is 1.21. The molecule has 0 atom stereocenters. The van der Waals surface area contributed by atoms with Gasteiger partial charge in [-0.05, 0) is 0 Å². The van der Waals surface area contributed by atoms with Crippen molar-refractivity contribution in [3.05, 3.63) is 65.6 Å². The number of nitrogens with one attached hydrogen (secondary N) is 1. The standard InChI is InChI=1S/C12H10N2/c13-11-8-4-5-9-12(11)14-10-6-2-1-3-7-10/h1-9,13H/q-2. The SMILES string of the molecule is [NH-]c1ccccc1[N-]c1ccccc1. The normalized spacial score (nSPS) is 9.71. The molecule has 0 spiro atoms. The van der Waals surface area contributed by atoms with E-state index >= 15 is 0 Å². The minimum atomic E-state index is 0.455. The molecule has 1 N–H and O–H groups in total. The van der Waals surface area contributed by atoms with Gasteiger partial charge in [-0.2, -0.15) is 11.4 Å². The van der Waals surface area contributed by atoms with Crippen molar-refractivity contribution in [1.29, 1.82) is 0 Å². The maximum absolute atomic E-state index is 7.63. The Morgan fingerprint density at radius 1 is 0.786 bits per heavy atom. The second kappa shape index (κ2) is 3.83. The van der Waals surface area contributed by atoms with Gasteiger partial charge in [0.1, 0.15) is 0 Å². The van der Waals surface area contributed by atoms with E-state index in [9.17, 15) is 0 Å². The smallest absolute Gasteiger partial charge is 0.0624 e. The lowest BCUT2D eigenvalue weighted by Gasteiger charge is -2.27.